The van der Waals surface area contributed by atoms with Gasteiger partial charge in [-0.1, -0.05) is 11.6 Å². The standard InChI is InChI=1S/C15H17ClN2O/c1-17-6-8-18(9-7-17)14-11-12(16)4-5-13(14)15-3-2-10-19-15/h2-5,10-11H,6-9H2,1H3. The van der Waals surface area contributed by atoms with Crippen molar-refractivity contribution in [1.82, 2.24) is 4.90 Å². The van der Waals surface area contributed by atoms with Crippen LogP contribution >= 0.6 is 11.6 Å². The van der Waals surface area contributed by atoms with Gasteiger partial charge in [0.15, 0.2) is 0 Å². The highest BCUT2D eigenvalue weighted by Gasteiger charge is 2.18. The minimum atomic E-state index is 0.768. The summed E-state index contributed by atoms with van der Waals surface area (Å²) in [6.45, 7) is 4.18. The van der Waals surface area contributed by atoms with Gasteiger partial charge in [-0.3, -0.25) is 0 Å². The summed E-state index contributed by atoms with van der Waals surface area (Å²) >= 11 is 6.16. The van der Waals surface area contributed by atoms with Gasteiger partial charge in [0.25, 0.3) is 0 Å². The third kappa shape index (κ3) is 2.62. The quantitative estimate of drug-likeness (QED) is 0.839. The van der Waals surface area contributed by atoms with Gasteiger partial charge < -0.3 is 14.2 Å². The maximum atomic E-state index is 6.16. The van der Waals surface area contributed by atoms with E-state index in [-0.39, 0.29) is 0 Å². The van der Waals surface area contributed by atoms with E-state index < -0.39 is 0 Å². The molecule has 3 rings (SSSR count). The van der Waals surface area contributed by atoms with Gasteiger partial charge in [-0.2, -0.15) is 0 Å². The van der Waals surface area contributed by atoms with Gasteiger partial charge in [0.05, 0.1) is 6.26 Å². The van der Waals surface area contributed by atoms with Gasteiger partial charge in [-0.05, 0) is 37.4 Å². The first kappa shape index (κ1) is 12.6. The summed E-state index contributed by atoms with van der Waals surface area (Å²) in [7, 11) is 2.16. The van der Waals surface area contributed by atoms with Crippen molar-refractivity contribution < 1.29 is 4.42 Å². The molecule has 0 atom stereocenters. The number of furan rings is 1. The fourth-order valence-corrected chi connectivity index (χ4v) is 2.62. The molecule has 1 fully saturated rings. The van der Waals surface area contributed by atoms with E-state index in [0.29, 0.717) is 0 Å². The number of benzene rings is 1. The molecular weight excluding hydrogens is 260 g/mol. The normalized spacial score (nSPS) is 16.8. The lowest BCUT2D eigenvalue weighted by Crippen LogP contribution is -2.44. The van der Waals surface area contributed by atoms with Gasteiger partial charge >= 0.3 is 0 Å². The van der Waals surface area contributed by atoms with E-state index in [0.717, 1.165) is 48.2 Å². The fraction of sp³-hybridized carbons (Fsp3) is 0.333. The van der Waals surface area contributed by atoms with Gasteiger partial charge in [-0.25, -0.2) is 0 Å². The topological polar surface area (TPSA) is 19.6 Å². The molecule has 1 aromatic heterocycles. The summed E-state index contributed by atoms with van der Waals surface area (Å²) in [6.07, 6.45) is 1.71. The second kappa shape index (κ2) is 5.27. The Bertz CT molecular complexity index is 545. The molecule has 2 aromatic rings. The fourth-order valence-electron chi connectivity index (χ4n) is 2.45. The van der Waals surface area contributed by atoms with Crippen molar-refractivity contribution >= 4 is 17.3 Å². The largest absolute Gasteiger partial charge is 0.464 e. The highest BCUT2D eigenvalue weighted by atomic mass is 35.5. The molecule has 19 heavy (non-hydrogen) atoms. The number of rotatable bonds is 2. The predicted octanol–water partition coefficient (Wildman–Crippen LogP) is 3.35. The lowest BCUT2D eigenvalue weighted by atomic mass is 10.1. The number of halogens is 1. The molecule has 0 N–H and O–H groups in total. The molecule has 4 heteroatoms. The Kier molecular flexibility index (Phi) is 3.49. The molecule has 1 aromatic carbocycles. The van der Waals surface area contributed by atoms with Crippen molar-refractivity contribution in [3.8, 4) is 11.3 Å². The van der Waals surface area contributed by atoms with E-state index in [2.05, 4.69) is 16.8 Å². The Labute approximate surface area is 118 Å². The van der Waals surface area contributed by atoms with Crippen LogP contribution in [0.3, 0.4) is 0 Å². The SMILES string of the molecule is CN1CCN(c2cc(Cl)ccc2-c2ccco2)CC1. The Morgan fingerprint density at radius 1 is 1.11 bits per heavy atom. The summed E-state index contributed by atoms with van der Waals surface area (Å²) < 4.78 is 5.53. The number of likely N-dealkylation sites (N-methyl/N-ethyl adjacent to an activating group) is 1. The molecule has 3 nitrogen and oxygen atoms in total. The van der Waals surface area contributed by atoms with E-state index in [1.165, 1.54) is 0 Å². The summed E-state index contributed by atoms with van der Waals surface area (Å²) in [5, 5.41) is 0.768. The first-order valence-electron chi connectivity index (χ1n) is 6.51. The van der Waals surface area contributed by atoms with E-state index >= 15 is 0 Å². The van der Waals surface area contributed by atoms with Gasteiger partial charge in [0, 0.05) is 42.5 Å². The van der Waals surface area contributed by atoms with Crippen LogP contribution in [0, 0.1) is 0 Å². The van der Waals surface area contributed by atoms with Crippen molar-refractivity contribution in [3.63, 3.8) is 0 Å². The number of piperazine rings is 1. The molecule has 100 valence electrons. The molecule has 1 saturated heterocycles. The van der Waals surface area contributed by atoms with Crippen molar-refractivity contribution in [2.24, 2.45) is 0 Å². The minimum absolute atomic E-state index is 0.768. The number of anilines is 1. The van der Waals surface area contributed by atoms with E-state index in [9.17, 15) is 0 Å². The number of hydrogen-bond acceptors (Lipinski definition) is 3. The molecule has 0 radical (unpaired) electrons. The summed E-state index contributed by atoms with van der Waals surface area (Å²) in [5.74, 6) is 0.894. The van der Waals surface area contributed by atoms with Crippen LogP contribution in [-0.4, -0.2) is 38.1 Å². The summed E-state index contributed by atoms with van der Waals surface area (Å²) in [6, 6.07) is 9.89. The van der Waals surface area contributed by atoms with Crippen LogP contribution in [0.15, 0.2) is 41.0 Å². The molecular formula is C15H17ClN2O. The molecule has 2 heterocycles. The van der Waals surface area contributed by atoms with Gasteiger partial charge in [0.1, 0.15) is 5.76 Å². The van der Waals surface area contributed by atoms with Gasteiger partial charge in [0.2, 0.25) is 0 Å². The third-order valence-electron chi connectivity index (χ3n) is 3.59. The molecule has 0 unspecified atom stereocenters. The predicted molar refractivity (Wildman–Crippen MR) is 78.9 cm³/mol. The van der Waals surface area contributed by atoms with Crippen molar-refractivity contribution in [3.05, 3.63) is 41.6 Å². The highest BCUT2D eigenvalue weighted by Crippen LogP contribution is 2.34. The van der Waals surface area contributed by atoms with Gasteiger partial charge in [-0.15, -0.1) is 0 Å². The monoisotopic (exact) mass is 276 g/mol. The Balaban J connectivity index is 1.97. The average Bonchev–Trinajstić information content (AvgIpc) is 2.93. The zero-order valence-electron chi connectivity index (χ0n) is 11.0. The van der Waals surface area contributed by atoms with E-state index in [4.69, 9.17) is 16.0 Å². The Morgan fingerprint density at radius 2 is 1.89 bits per heavy atom. The average molecular weight is 277 g/mol. The maximum Gasteiger partial charge on any atom is 0.135 e. The van der Waals surface area contributed by atoms with Crippen molar-refractivity contribution in [1.29, 1.82) is 0 Å². The number of hydrogen-bond donors (Lipinski definition) is 0. The Morgan fingerprint density at radius 3 is 2.58 bits per heavy atom. The van der Waals surface area contributed by atoms with Crippen LogP contribution in [0.5, 0.6) is 0 Å². The minimum Gasteiger partial charge on any atom is -0.464 e. The Hall–Kier alpha value is -1.45. The van der Waals surface area contributed by atoms with E-state index in [1.54, 1.807) is 6.26 Å². The van der Waals surface area contributed by atoms with Crippen molar-refractivity contribution in [2.45, 2.75) is 0 Å². The first-order chi connectivity index (χ1) is 9.24. The van der Waals surface area contributed by atoms with Crippen molar-refractivity contribution in [2.75, 3.05) is 38.1 Å². The van der Waals surface area contributed by atoms with Crippen LogP contribution in [-0.2, 0) is 0 Å². The lowest BCUT2D eigenvalue weighted by Gasteiger charge is -2.35. The molecule has 0 bridgehead atoms. The smallest absolute Gasteiger partial charge is 0.135 e. The van der Waals surface area contributed by atoms with Crippen LogP contribution in [0.4, 0.5) is 5.69 Å². The zero-order chi connectivity index (χ0) is 13.2. The molecule has 0 aliphatic carbocycles. The second-order valence-corrected chi connectivity index (χ2v) is 5.37. The maximum absolute atomic E-state index is 6.16. The molecule has 0 saturated carbocycles. The summed E-state index contributed by atoms with van der Waals surface area (Å²) in [4.78, 5) is 4.72. The van der Waals surface area contributed by atoms with Crippen LogP contribution in [0.1, 0.15) is 0 Å². The molecule has 0 amide bonds. The first-order valence-corrected chi connectivity index (χ1v) is 6.89. The zero-order valence-corrected chi connectivity index (χ0v) is 11.7. The molecule has 1 aliphatic heterocycles. The summed E-state index contributed by atoms with van der Waals surface area (Å²) in [5.41, 5.74) is 2.27. The van der Waals surface area contributed by atoms with Crippen LogP contribution in [0.2, 0.25) is 5.02 Å². The third-order valence-corrected chi connectivity index (χ3v) is 3.83. The van der Waals surface area contributed by atoms with E-state index in [1.807, 2.05) is 30.3 Å². The molecule has 0 spiro atoms. The molecule has 1 aliphatic rings. The van der Waals surface area contributed by atoms with Crippen LogP contribution in [0.25, 0.3) is 11.3 Å². The lowest BCUT2D eigenvalue weighted by molar-refractivity contribution is 0.313. The van der Waals surface area contributed by atoms with Crippen LogP contribution < -0.4 is 4.90 Å². The second-order valence-electron chi connectivity index (χ2n) is 4.93. The number of nitrogens with zero attached hydrogens (tertiary/aromatic N) is 2. The highest BCUT2D eigenvalue weighted by molar-refractivity contribution is 6.31.